The first-order chi connectivity index (χ1) is 15.3. The third kappa shape index (κ3) is 6.67. The normalized spacial score (nSPS) is 26.0. The first-order valence-electron chi connectivity index (χ1n) is 12.4. The van der Waals surface area contributed by atoms with Crippen LogP contribution >= 0.6 is 0 Å². The van der Waals surface area contributed by atoms with E-state index in [2.05, 4.69) is 52.4 Å². The molecule has 2 atom stereocenters. The summed E-state index contributed by atoms with van der Waals surface area (Å²) in [6.07, 6.45) is 7.67. The van der Waals surface area contributed by atoms with Crippen LogP contribution in [0.3, 0.4) is 0 Å². The van der Waals surface area contributed by atoms with Gasteiger partial charge in [-0.2, -0.15) is 0 Å². The van der Waals surface area contributed by atoms with Crippen LogP contribution in [0.4, 0.5) is 0 Å². The Hall–Kier alpha value is -1.63. The van der Waals surface area contributed by atoms with Gasteiger partial charge in [-0.25, -0.2) is 0 Å². The average Bonchev–Trinajstić information content (AvgIpc) is 3.49. The van der Waals surface area contributed by atoms with E-state index in [0.29, 0.717) is 18.2 Å². The standard InChI is InChI=1S/C25H40N4O2/c1-2-26-25(28-15-12-23(13-16-28)31-20-24-11-7-17-30-24)27-18-22-10-6-14-29(22)19-21-8-4-3-5-9-21/h3-5,8-9,22-24H,2,6-7,10-20H2,1H3,(H,26,27). The number of ether oxygens (including phenoxy) is 2. The van der Waals surface area contributed by atoms with Crippen LogP contribution in [0.25, 0.3) is 0 Å². The molecule has 4 rings (SSSR count). The van der Waals surface area contributed by atoms with E-state index in [1.807, 2.05) is 0 Å². The van der Waals surface area contributed by atoms with Crippen molar-refractivity contribution in [2.45, 2.75) is 70.2 Å². The Morgan fingerprint density at radius 3 is 2.68 bits per heavy atom. The highest BCUT2D eigenvalue weighted by molar-refractivity contribution is 5.80. The van der Waals surface area contributed by atoms with Gasteiger partial charge in [-0.1, -0.05) is 30.3 Å². The molecule has 3 saturated heterocycles. The van der Waals surface area contributed by atoms with E-state index in [4.69, 9.17) is 14.5 Å². The van der Waals surface area contributed by atoms with Crippen LogP contribution in [-0.4, -0.2) is 79.9 Å². The summed E-state index contributed by atoms with van der Waals surface area (Å²) in [6, 6.07) is 11.4. The Labute approximate surface area is 188 Å². The third-order valence-electron chi connectivity index (χ3n) is 6.80. The Kier molecular flexibility index (Phi) is 8.62. The van der Waals surface area contributed by atoms with Gasteiger partial charge in [0.15, 0.2) is 5.96 Å². The largest absolute Gasteiger partial charge is 0.376 e. The zero-order chi connectivity index (χ0) is 21.3. The molecule has 3 heterocycles. The lowest BCUT2D eigenvalue weighted by Crippen LogP contribution is -2.47. The van der Waals surface area contributed by atoms with E-state index in [9.17, 15) is 0 Å². The van der Waals surface area contributed by atoms with E-state index >= 15 is 0 Å². The van der Waals surface area contributed by atoms with E-state index in [1.54, 1.807) is 0 Å². The molecule has 3 aliphatic rings. The van der Waals surface area contributed by atoms with E-state index in [0.717, 1.165) is 71.2 Å². The second-order valence-electron chi connectivity index (χ2n) is 9.10. The molecule has 3 aliphatic heterocycles. The third-order valence-corrected chi connectivity index (χ3v) is 6.80. The van der Waals surface area contributed by atoms with Gasteiger partial charge in [0.25, 0.3) is 0 Å². The number of nitrogens with one attached hydrogen (secondary N) is 1. The predicted molar refractivity (Wildman–Crippen MR) is 125 cm³/mol. The maximum absolute atomic E-state index is 6.15. The van der Waals surface area contributed by atoms with E-state index < -0.39 is 0 Å². The van der Waals surface area contributed by atoms with Gasteiger partial charge in [-0.15, -0.1) is 0 Å². The number of benzene rings is 1. The van der Waals surface area contributed by atoms with Crippen LogP contribution in [0.2, 0.25) is 0 Å². The molecule has 6 nitrogen and oxygen atoms in total. The van der Waals surface area contributed by atoms with Crippen LogP contribution in [0.1, 0.15) is 51.0 Å². The zero-order valence-corrected chi connectivity index (χ0v) is 19.2. The average molecular weight is 429 g/mol. The quantitative estimate of drug-likeness (QED) is 0.509. The molecular weight excluding hydrogens is 388 g/mol. The molecule has 31 heavy (non-hydrogen) atoms. The molecule has 1 aromatic rings. The van der Waals surface area contributed by atoms with Gasteiger partial charge in [0, 0.05) is 38.8 Å². The summed E-state index contributed by atoms with van der Waals surface area (Å²) in [5.74, 6) is 1.08. The SMILES string of the molecule is CCNC(=NCC1CCCN1Cc1ccccc1)N1CCC(OCC2CCCO2)CC1. The summed E-state index contributed by atoms with van der Waals surface area (Å²) in [5, 5.41) is 3.53. The van der Waals surface area contributed by atoms with Gasteiger partial charge in [0.05, 0.1) is 25.4 Å². The van der Waals surface area contributed by atoms with Crippen molar-refractivity contribution in [3.63, 3.8) is 0 Å². The van der Waals surface area contributed by atoms with Crippen LogP contribution in [0.15, 0.2) is 35.3 Å². The van der Waals surface area contributed by atoms with Crippen LogP contribution in [0.5, 0.6) is 0 Å². The van der Waals surface area contributed by atoms with Crippen molar-refractivity contribution in [1.82, 2.24) is 15.1 Å². The molecule has 6 heteroatoms. The van der Waals surface area contributed by atoms with Gasteiger partial charge >= 0.3 is 0 Å². The van der Waals surface area contributed by atoms with Gasteiger partial charge in [0.2, 0.25) is 0 Å². The minimum absolute atomic E-state index is 0.321. The molecular formula is C25H40N4O2. The highest BCUT2D eigenvalue weighted by Gasteiger charge is 2.26. The number of rotatable bonds is 8. The summed E-state index contributed by atoms with van der Waals surface area (Å²) in [4.78, 5) is 10.1. The summed E-state index contributed by atoms with van der Waals surface area (Å²) in [7, 11) is 0. The van der Waals surface area contributed by atoms with Crippen LogP contribution < -0.4 is 5.32 Å². The van der Waals surface area contributed by atoms with Crippen molar-refractivity contribution < 1.29 is 9.47 Å². The molecule has 1 aromatic carbocycles. The van der Waals surface area contributed by atoms with Gasteiger partial charge in [-0.05, 0) is 57.6 Å². The molecule has 0 aromatic heterocycles. The Bertz CT molecular complexity index is 669. The van der Waals surface area contributed by atoms with Gasteiger partial charge < -0.3 is 19.7 Å². The molecule has 0 spiro atoms. The number of hydrogen-bond acceptors (Lipinski definition) is 4. The minimum atomic E-state index is 0.321. The first kappa shape index (κ1) is 22.6. The van der Waals surface area contributed by atoms with Crippen molar-refractivity contribution in [3.05, 3.63) is 35.9 Å². The number of likely N-dealkylation sites (tertiary alicyclic amines) is 2. The van der Waals surface area contributed by atoms with E-state index in [-0.39, 0.29) is 0 Å². The molecule has 3 fully saturated rings. The fourth-order valence-corrected chi connectivity index (χ4v) is 5.00. The molecule has 0 saturated carbocycles. The van der Waals surface area contributed by atoms with Gasteiger partial charge in [0.1, 0.15) is 0 Å². The fourth-order valence-electron chi connectivity index (χ4n) is 5.00. The Balaban J connectivity index is 1.26. The van der Waals surface area contributed by atoms with Crippen molar-refractivity contribution in [2.75, 3.05) is 45.9 Å². The Morgan fingerprint density at radius 1 is 1.10 bits per heavy atom. The molecule has 1 N–H and O–H groups in total. The zero-order valence-electron chi connectivity index (χ0n) is 19.2. The number of guanidine groups is 1. The highest BCUT2D eigenvalue weighted by Crippen LogP contribution is 2.21. The second kappa shape index (κ2) is 11.8. The monoisotopic (exact) mass is 428 g/mol. The van der Waals surface area contributed by atoms with E-state index in [1.165, 1.54) is 31.4 Å². The molecule has 172 valence electrons. The lowest BCUT2D eigenvalue weighted by atomic mass is 10.1. The molecule has 0 radical (unpaired) electrons. The van der Waals surface area contributed by atoms with Gasteiger partial charge in [-0.3, -0.25) is 9.89 Å². The lowest BCUT2D eigenvalue weighted by molar-refractivity contribution is -0.0367. The second-order valence-corrected chi connectivity index (χ2v) is 9.10. The first-order valence-corrected chi connectivity index (χ1v) is 12.4. The van der Waals surface area contributed by atoms with Crippen molar-refractivity contribution in [3.8, 4) is 0 Å². The predicted octanol–water partition coefficient (Wildman–Crippen LogP) is 3.28. The van der Waals surface area contributed by atoms with Crippen LogP contribution in [-0.2, 0) is 16.0 Å². The minimum Gasteiger partial charge on any atom is -0.376 e. The smallest absolute Gasteiger partial charge is 0.193 e. The van der Waals surface area contributed by atoms with Crippen molar-refractivity contribution in [1.29, 1.82) is 0 Å². The number of hydrogen-bond donors (Lipinski definition) is 1. The molecule has 2 unspecified atom stereocenters. The highest BCUT2D eigenvalue weighted by atomic mass is 16.5. The maximum atomic E-state index is 6.15. The topological polar surface area (TPSA) is 49.3 Å². The Morgan fingerprint density at radius 2 is 1.94 bits per heavy atom. The summed E-state index contributed by atoms with van der Waals surface area (Å²) >= 11 is 0. The molecule has 0 bridgehead atoms. The van der Waals surface area contributed by atoms with Crippen molar-refractivity contribution in [2.24, 2.45) is 4.99 Å². The number of nitrogens with zero attached hydrogens (tertiary/aromatic N) is 3. The number of piperidine rings is 1. The lowest BCUT2D eigenvalue weighted by Gasteiger charge is -2.35. The summed E-state index contributed by atoms with van der Waals surface area (Å²) < 4.78 is 11.8. The fraction of sp³-hybridized carbons (Fsp3) is 0.720. The molecule has 0 aliphatic carbocycles. The number of aliphatic imine (C=N–C) groups is 1. The van der Waals surface area contributed by atoms with Crippen molar-refractivity contribution >= 4 is 5.96 Å². The van der Waals surface area contributed by atoms with Crippen LogP contribution in [0, 0.1) is 0 Å². The molecule has 0 amide bonds. The summed E-state index contributed by atoms with van der Waals surface area (Å²) in [5.41, 5.74) is 1.40. The summed E-state index contributed by atoms with van der Waals surface area (Å²) in [6.45, 7) is 9.85. The maximum Gasteiger partial charge on any atom is 0.193 e.